The van der Waals surface area contributed by atoms with Crippen molar-refractivity contribution >= 4 is 23.8 Å². The van der Waals surface area contributed by atoms with Crippen molar-refractivity contribution in [2.24, 2.45) is 0 Å². The monoisotopic (exact) mass is 564 g/mol. The molecule has 0 bridgehead atoms. The molecular formula is C32H44N4O5. The third-order valence-corrected chi connectivity index (χ3v) is 7.37. The second-order valence-electron chi connectivity index (χ2n) is 12.3. The van der Waals surface area contributed by atoms with Gasteiger partial charge in [-0.3, -0.25) is 9.69 Å². The van der Waals surface area contributed by atoms with E-state index >= 15 is 0 Å². The summed E-state index contributed by atoms with van der Waals surface area (Å²) >= 11 is 0. The molecule has 41 heavy (non-hydrogen) atoms. The van der Waals surface area contributed by atoms with Gasteiger partial charge in [0.2, 0.25) is 5.91 Å². The van der Waals surface area contributed by atoms with Crippen molar-refractivity contribution in [3.05, 3.63) is 53.6 Å². The number of benzene rings is 2. The average Bonchev–Trinajstić information content (AvgIpc) is 2.87. The van der Waals surface area contributed by atoms with Crippen molar-refractivity contribution in [3.63, 3.8) is 0 Å². The van der Waals surface area contributed by atoms with Crippen LogP contribution in [0.3, 0.4) is 0 Å². The van der Waals surface area contributed by atoms with Crippen LogP contribution in [0.1, 0.15) is 72.1 Å². The zero-order chi connectivity index (χ0) is 29.9. The third kappa shape index (κ3) is 7.79. The van der Waals surface area contributed by atoms with Crippen LogP contribution in [0, 0.1) is 0 Å². The first-order valence-corrected chi connectivity index (χ1v) is 14.5. The van der Waals surface area contributed by atoms with Gasteiger partial charge >= 0.3 is 12.2 Å². The number of nitrogens with one attached hydrogen (secondary N) is 1. The second-order valence-corrected chi connectivity index (χ2v) is 12.3. The second kappa shape index (κ2) is 12.5. The summed E-state index contributed by atoms with van der Waals surface area (Å²) in [7, 11) is 0. The fourth-order valence-electron chi connectivity index (χ4n) is 5.53. The number of piperazine rings is 1. The first-order chi connectivity index (χ1) is 19.3. The number of alkyl carbamates (subject to hydrolysis) is 1. The molecule has 0 radical (unpaired) electrons. The molecule has 0 aromatic heterocycles. The molecule has 2 aliphatic heterocycles. The third-order valence-electron chi connectivity index (χ3n) is 7.37. The number of fused-ring (bicyclic) bond motifs is 1. The van der Waals surface area contributed by atoms with E-state index in [1.807, 2.05) is 53.7 Å². The molecule has 222 valence electrons. The van der Waals surface area contributed by atoms with Gasteiger partial charge in [0.05, 0.1) is 12.1 Å². The molecule has 1 saturated heterocycles. The number of hydrogen-bond donors (Lipinski definition) is 1. The SMILES string of the molecule is CC(=O)N1c2ccc(-c3ccc(CN4CCN(C(=O)OC(C)(C)C)CC4)cc3)cc2[C@@H](NC(=O)OC(C)C)C[C@H]1C. The summed E-state index contributed by atoms with van der Waals surface area (Å²) in [5.41, 5.74) is 4.51. The average molecular weight is 565 g/mol. The lowest BCUT2D eigenvalue weighted by molar-refractivity contribution is -0.117. The Morgan fingerprint density at radius 1 is 0.976 bits per heavy atom. The molecule has 2 aliphatic rings. The number of rotatable bonds is 5. The predicted molar refractivity (Wildman–Crippen MR) is 160 cm³/mol. The molecule has 0 aliphatic carbocycles. The van der Waals surface area contributed by atoms with Crippen LogP contribution in [0.2, 0.25) is 0 Å². The molecule has 1 N–H and O–H groups in total. The van der Waals surface area contributed by atoms with Crippen LogP contribution in [-0.4, -0.2) is 71.8 Å². The molecule has 9 nitrogen and oxygen atoms in total. The molecule has 0 saturated carbocycles. The summed E-state index contributed by atoms with van der Waals surface area (Å²) in [6.07, 6.45) is -0.325. The van der Waals surface area contributed by atoms with Gasteiger partial charge < -0.3 is 24.6 Å². The highest BCUT2D eigenvalue weighted by molar-refractivity contribution is 5.94. The van der Waals surface area contributed by atoms with E-state index in [4.69, 9.17) is 9.47 Å². The molecule has 2 aromatic rings. The van der Waals surface area contributed by atoms with E-state index in [0.717, 1.165) is 42.0 Å². The van der Waals surface area contributed by atoms with Gasteiger partial charge in [-0.15, -0.1) is 0 Å². The minimum Gasteiger partial charge on any atom is -0.447 e. The summed E-state index contributed by atoms with van der Waals surface area (Å²) < 4.78 is 10.9. The fourth-order valence-corrected chi connectivity index (χ4v) is 5.53. The molecule has 2 atom stereocenters. The van der Waals surface area contributed by atoms with Gasteiger partial charge in [-0.2, -0.15) is 0 Å². The highest BCUT2D eigenvalue weighted by Gasteiger charge is 2.34. The van der Waals surface area contributed by atoms with Crippen LogP contribution in [-0.2, 0) is 20.8 Å². The zero-order valence-electron chi connectivity index (χ0n) is 25.4. The van der Waals surface area contributed by atoms with Crippen LogP contribution in [0.25, 0.3) is 11.1 Å². The Hall–Kier alpha value is -3.59. The number of anilines is 1. The Morgan fingerprint density at radius 2 is 1.61 bits per heavy atom. The normalized spacial score (nSPS) is 19.5. The first kappa shape index (κ1) is 30.4. The van der Waals surface area contributed by atoms with E-state index in [-0.39, 0.29) is 30.2 Å². The highest BCUT2D eigenvalue weighted by Crippen LogP contribution is 2.39. The standard InChI is InChI=1S/C32H44N4O5/c1-21(2)40-30(38)33-28-18-22(3)36(23(4)37)29-13-12-26(19-27(28)29)25-10-8-24(9-11-25)20-34-14-16-35(17-15-34)31(39)41-32(5,6)7/h8-13,19,21-22,28H,14-18,20H2,1-7H3,(H,33,38)/t22-,28+/m1/s1. The minimum atomic E-state index is -0.490. The lowest BCUT2D eigenvalue weighted by atomic mass is 9.89. The summed E-state index contributed by atoms with van der Waals surface area (Å²) in [5, 5.41) is 3.01. The smallest absolute Gasteiger partial charge is 0.410 e. The van der Waals surface area contributed by atoms with E-state index < -0.39 is 11.7 Å². The van der Waals surface area contributed by atoms with Crippen LogP contribution in [0.15, 0.2) is 42.5 Å². The number of carbonyl (C=O) groups excluding carboxylic acids is 3. The maximum atomic E-state index is 12.5. The van der Waals surface area contributed by atoms with Crippen molar-refractivity contribution in [2.75, 3.05) is 31.1 Å². The van der Waals surface area contributed by atoms with Gasteiger partial charge in [0.25, 0.3) is 0 Å². The van der Waals surface area contributed by atoms with Crippen LogP contribution < -0.4 is 10.2 Å². The zero-order valence-corrected chi connectivity index (χ0v) is 25.4. The number of amides is 3. The lowest BCUT2D eigenvalue weighted by Gasteiger charge is -2.39. The van der Waals surface area contributed by atoms with Gasteiger partial charge in [-0.25, -0.2) is 9.59 Å². The number of nitrogens with zero attached hydrogens (tertiary/aromatic N) is 3. The van der Waals surface area contributed by atoms with Gasteiger partial charge in [0.15, 0.2) is 0 Å². The summed E-state index contributed by atoms with van der Waals surface area (Å²) in [4.78, 5) is 43.3. The van der Waals surface area contributed by atoms with Crippen LogP contribution in [0.5, 0.6) is 0 Å². The molecule has 3 amide bonds. The molecule has 2 heterocycles. The fraction of sp³-hybridized carbons (Fsp3) is 0.531. The molecule has 1 fully saturated rings. The lowest BCUT2D eigenvalue weighted by Crippen LogP contribution is -2.49. The minimum absolute atomic E-state index is 0.0222. The number of carbonyl (C=O) groups is 3. The van der Waals surface area contributed by atoms with Gasteiger partial charge in [-0.05, 0) is 82.3 Å². The highest BCUT2D eigenvalue weighted by atomic mass is 16.6. The molecule has 0 unspecified atom stereocenters. The van der Waals surface area contributed by atoms with Crippen LogP contribution >= 0.6 is 0 Å². The van der Waals surface area contributed by atoms with Gasteiger partial charge in [-0.1, -0.05) is 30.3 Å². The molecule has 0 spiro atoms. The van der Waals surface area contributed by atoms with Crippen molar-refractivity contribution in [3.8, 4) is 11.1 Å². The summed E-state index contributed by atoms with van der Waals surface area (Å²) in [6.45, 7) is 16.6. The van der Waals surface area contributed by atoms with Crippen molar-refractivity contribution in [2.45, 2.75) is 85.2 Å². The first-order valence-electron chi connectivity index (χ1n) is 14.5. The van der Waals surface area contributed by atoms with Crippen molar-refractivity contribution < 1.29 is 23.9 Å². The molecular weight excluding hydrogens is 520 g/mol. The topological polar surface area (TPSA) is 91.4 Å². The quantitative estimate of drug-likeness (QED) is 0.499. The van der Waals surface area contributed by atoms with Gasteiger partial charge in [0.1, 0.15) is 5.60 Å². The molecule has 2 aromatic carbocycles. The van der Waals surface area contributed by atoms with E-state index in [1.54, 1.807) is 16.7 Å². The Kier molecular flexibility index (Phi) is 9.27. The Morgan fingerprint density at radius 3 is 2.20 bits per heavy atom. The Labute approximate surface area is 243 Å². The molecule has 4 rings (SSSR count). The summed E-state index contributed by atoms with van der Waals surface area (Å²) in [5.74, 6) is -0.0222. The van der Waals surface area contributed by atoms with E-state index in [0.29, 0.717) is 19.5 Å². The molecule has 9 heteroatoms. The van der Waals surface area contributed by atoms with Crippen molar-refractivity contribution in [1.82, 2.24) is 15.1 Å². The maximum Gasteiger partial charge on any atom is 0.410 e. The predicted octanol–water partition coefficient (Wildman–Crippen LogP) is 5.73. The maximum absolute atomic E-state index is 12.5. The Bertz CT molecular complexity index is 1250. The number of hydrogen-bond acceptors (Lipinski definition) is 6. The Balaban J connectivity index is 1.45. The number of ether oxygens (including phenoxy) is 2. The van der Waals surface area contributed by atoms with Crippen molar-refractivity contribution in [1.29, 1.82) is 0 Å². The van der Waals surface area contributed by atoms with E-state index in [9.17, 15) is 14.4 Å². The summed E-state index contributed by atoms with van der Waals surface area (Å²) in [6, 6.07) is 14.2. The van der Waals surface area contributed by atoms with E-state index in [1.165, 1.54) is 5.56 Å². The van der Waals surface area contributed by atoms with Crippen LogP contribution in [0.4, 0.5) is 15.3 Å². The largest absolute Gasteiger partial charge is 0.447 e. The van der Waals surface area contributed by atoms with E-state index in [2.05, 4.69) is 40.5 Å². The van der Waals surface area contributed by atoms with Gasteiger partial charge in [0, 0.05) is 51.4 Å².